The molecular formula is C10H24N2O. The average molecular weight is 188 g/mol. The van der Waals surface area contributed by atoms with Crippen molar-refractivity contribution < 1.29 is 5.11 Å². The van der Waals surface area contributed by atoms with Crippen molar-refractivity contribution in [3.8, 4) is 0 Å². The average Bonchev–Trinajstić information content (AvgIpc) is 2.07. The van der Waals surface area contributed by atoms with Gasteiger partial charge in [0, 0.05) is 0 Å². The number of rotatable bonds is 6. The van der Waals surface area contributed by atoms with E-state index in [1.807, 2.05) is 6.92 Å². The van der Waals surface area contributed by atoms with Gasteiger partial charge in [-0.05, 0) is 33.1 Å². The highest BCUT2D eigenvalue weighted by Crippen LogP contribution is 2.15. The Kier molecular flexibility index (Phi) is 5.53. The second-order valence-corrected chi connectivity index (χ2v) is 3.32. The van der Waals surface area contributed by atoms with E-state index < -0.39 is 5.85 Å². The van der Waals surface area contributed by atoms with Gasteiger partial charge >= 0.3 is 0 Å². The van der Waals surface area contributed by atoms with Crippen LogP contribution in [0, 0.1) is 0 Å². The van der Waals surface area contributed by atoms with Gasteiger partial charge in [-0.15, -0.1) is 0 Å². The zero-order valence-corrected chi connectivity index (χ0v) is 9.67. The molecule has 0 aliphatic carbocycles. The molecule has 13 heavy (non-hydrogen) atoms. The zero-order valence-electron chi connectivity index (χ0n) is 9.67. The molecule has 0 fully saturated rings. The summed E-state index contributed by atoms with van der Waals surface area (Å²) in [4.78, 5) is 4.11. The molecule has 0 atom stereocenters. The summed E-state index contributed by atoms with van der Waals surface area (Å²) in [5.41, 5.74) is 0. The molecule has 0 radical (unpaired) electrons. The molecule has 3 heteroatoms. The van der Waals surface area contributed by atoms with Gasteiger partial charge in [-0.2, -0.15) is 0 Å². The van der Waals surface area contributed by atoms with E-state index in [9.17, 15) is 5.11 Å². The van der Waals surface area contributed by atoms with Crippen molar-refractivity contribution in [1.82, 2.24) is 9.80 Å². The van der Waals surface area contributed by atoms with Crippen LogP contribution in [-0.4, -0.2) is 46.9 Å². The summed E-state index contributed by atoms with van der Waals surface area (Å²) < 4.78 is 0. The zero-order chi connectivity index (χ0) is 10.5. The Balaban J connectivity index is 4.48. The van der Waals surface area contributed by atoms with Crippen LogP contribution in [0.15, 0.2) is 0 Å². The molecule has 1 N–H and O–H groups in total. The lowest BCUT2D eigenvalue weighted by molar-refractivity contribution is -0.198. The molecule has 0 bridgehead atoms. The van der Waals surface area contributed by atoms with Gasteiger partial charge in [0.25, 0.3) is 0 Å². The maximum Gasteiger partial charge on any atom is 0.173 e. The molecule has 80 valence electrons. The predicted molar refractivity (Wildman–Crippen MR) is 56.5 cm³/mol. The molecule has 0 aromatic heterocycles. The van der Waals surface area contributed by atoms with E-state index in [-0.39, 0.29) is 0 Å². The molecular weight excluding hydrogens is 164 g/mol. The Morgan fingerprint density at radius 1 is 0.846 bits per heavy atom. The summed E-state index contributed by atoms with van der Waals surface area (Å²) in [7, 11) is 0. The van der Waals surface area contributed by atoms with Crippen molar-refractivity contribution in [3.05, 3.63) is 0 Å². The second kappa shape index (κ2) is 5.58. The largest absolute Gasteiger partial charge is 0.363 e. The summed E-state index contributed by atoms with van der Waals surface area (Å²) in [5, 5.41) is 10.3. The first kappa shape index (κ1) is 12.9. The minimum atomic E-state index is -0.799. The Morgan fingerprint density at radius 3 is 1.23 bits per heavy atom. The maximum atomic E-state index is 10.3. The van der Waals surface area contributed by atoms with Crippen LogP contribution in [0.5, 0.6) is 0 Å². The Labute approximate surface area is 82.3 Å². The lowest BCUT2D eigenvalue weighted by Gasteiger charge is -2.43. The maximum absolute atomic E-state index is 10.3. The van der Waals surface area contributed by atoms with Crippen molar-refractivity contribution in [1.29, 1.82) is 0 Å². The first-order valence-electron chi connectivity index (χ1n) is 5.26. The first-order chi connectivity index (χ1) is 6.04. The summed E-state index contributed by atoms with van der Waals surface area (Å²) in [6.45, 7) is 13.7. The van der Waals surface area contributed by atoms with E-state index in [2.05, 4.69) is 37.5 Å². The van der Waals surface area contributed by atoms with E-state index >= 15 is 0 Å². The SMILES string of the molecule is CCN(CC)C(C)(O)N(CC)CC. The van der Waals surface area contributed by atoms with Crippen molar-refractivity contribution in [2.24, 2.45) is 0 Å². The number of aliphatic hydroxyl groups is 1. The van der Waals surface area contributed by atoms with Crippen LogP contribution in [0.1, 0.15) is 34.6 Å². The molecule has 0 aliphatic rings. The molecule has 0 saturated carbocycles. The highest BCUT2D eigenvalue weighted by atomic mass is 16.3. The van der Waals surface area contributed by atoms with Crippen LogP contribution in [0.2, 0.25) is 0 Å². The molecule has 0 spiro atoms. The van der Waals surface area contributed by atoms with Gasteiger partial charge in [0.15, 0.2) is 5.85 Å². The number of hydrogen-bond acceptors (Lipinski definition) is 3. The van der Waals surface area contributed by atoms with Gasteiger partial charge in [0.05, 0.1) is 0 Å². The van der Waals surface area contributed by atoms with Crippen LogP contribution in [-0.2, 0) is 0 Å². The molecule has 0 heterocycles. The van der Waals surface area contributed by atoms with Crippen molar-refractivity contribution >= 4 is 0 Å². The smallest absolute Gasteiger partial charge is 0.173 e. The molecule has 0 unspecified atom stereocenters. The highest BCUT2D eigenvalue weighted by molar-refractivity contribution is 4.73. The first-order valence-corrected chi connectivity index (χ1v) is 5.26. The van der Waals surface area contributed by atoms with E-state index in [1.165, 1.54) is 0 Å². The molecule has 0 rings (SSSR count). The molecule has 0 aromatic carbocycles. The van der Waals surface area contributed by atoms with E-state index in [4.69, 9.17) is 0 Å². The fourth-order valence-corrected chi connectivity index (χ4v) is 1.85. The molecule has 0 aromatic rings. The molecule has 0 saturated heterocycles. The van der Waals surface area contributed by atoms with Crippen molar-refractivity contribution in [2.75, 3.05) is 26.2 Å². The van der Waals surface area contributed by atoms with Crippen molar-refractivity contribution in [3.63, 3.8) is 0 Å². The van der Waals surface area contributed by atoms with Crippen LogP contribution >= 0.6 is 0 Å². The third-order valence-corrected chi connectivity index (χ3v) is 2.73. The third kappa shape index (κ3) is 2.93. The normalized spacial score (nSPS) is 12.9. The lowest BCUT2D eigenvalue weighted by Crippen LogP contribution is -2.58. The summed E-state index contributed by atoms with van der Waals surface area (Å²) in [6.07, 6.45) is 0. The second-order valence-electron chi connectivity index (χ2n) is 3.32. The van der Waals surface area contributed by atoms with Crippen LogP contribution < -0.4 is 0 Å². The highest BCUT2D eigenvalue weighted by Gasteiger charge is 2.31. The summed E-state index contributed by atoms with van der Waals surface area (Å²) >= 11 is 0. The van der Waals surface area contributed by atoms with Gasteiger partial charge in [-0.25, -0.2) is 0 Å². The monoisotopic (exact) mass is 188 g/mol. The Morgan fingerprint density at radius 2 is 1.08 bits per heavy atom. The van der Waals surface area contributed by atoms with Crippen LogP contribution in [0.25, 0.3) is 0 Å². The lowest BCUT2D eigenvalue weighted by atomic mass is 10.3. The Hall–Kier alpha value is -0.120. The van der Waals surface area contributed by atoms with Crippen molar-refractivity contribution in [2.45, 2.75) is 40.5 Å². The quantitative estimate of drug-likeness (QED) is 0.637. The minimum absolute atomic E-state index is 0.799. The van der Waals surface area contributed by atoms with Crippen LogP contribution in [0.4, 0.5) is 0 Å². The van der Waals surface area contributed by atoms with E-state index in [0.29, 0.717) is 0 Å². The number of nitrogens with zero attached hydrogens (tertiary/aromatic N) is 2. The van der Waals surface area contributed by atoms with Gasteiger partial charge < -0.3 is 5.11 Å². The standard InChI is InChI=1S/C10H24N2O/c1-6-11(7-2)10(5,13)12(8-3)9-4/h13H,6-9H2,1-5H3. The van der Waals surface area contributed by atoms with Crippen LogP contribution in [0.3, 0.4) is 0 Å². The predicted octanol–water partition coefficient (Wildman–Crippen LogP) is 1.34. The van der Waals surface area contributed by atoms with E-state index in [1.54, 1.807) is 0 Å². The molecule has 3 nitrogen and oxygen atoms in total. The molecule has 0 amide bonds. The Bertz CT molecular complexity index is 115. The summed E-state index contributed by atoms with van der Waals surface area (Å²) in [6, 6.07) is 0. The minimum Gasteiger partial charge on any atom is -0.363 e. The molecule has 0 aliphatic heterocycles. The fraction of sp³-hybridized carbons (Fsp3) is 1.00. The fourth-order valence-electron chi connectivity index (χ4n) is 1.85. The topological polar surface area (TPSA) is 26.7 Å². The van der Waals surface area contributed by atoms with Gasteiger partial charge in [-0.1, -0.05) is 27.7 Å². The summed E-state index contributed by atoms with van der Waals surface area (Å²) in [5.74, 6) is -0.799. The van der Waals surface area contributed by atoms with E-state index in [0.717, 1.165) is 26.2 Å². The number of hydrogen-bond donors (Lipinski definition) is 1. The van der Waals surface area contributed by atoms with Gasteiger partial charge in [0.2, 0.25) is 0 Å². The van der Waals surface area contributed by atoms with Gasteiger partial charge in [-0.3, -0.25) is 9.80 Å². The van der Waals surface area contributed by atoms with Gasteiger partial charge in [0.1, 0.15) is 0 Å². The third-order valence-electron chi connectivity index (χ3n) is 2.73.